The zero-order valence-corrected chi connectivity index (χ0v) is 10.4. The van der Waals surface area contributed by atoms with Crippen LogP contribution in [0.5, 0.6) is 0 Å². The van der Waals surface area contributed by atoms with Gasteiger partial charge in [0.05, 0.1) is 5.56 Å². The summed E-state index contributed by atoms with van der Waals surface area (Å²) in [7, 11) is 1.88. The number of likely N-dealkylation sites (N-methyl/N-ethyl adjacent to an activating group) is 1. The molecule has 1 aliphatic heterocycles. The maximum Gasteiger partial charge on any atom is 0.255 e. The first-order chi connectivity index (χ1) is 8.20. The molecule has 0 spiro atoms. The molecule has 4 heteroatoms. The molecule has 0 aromatic carbocycles. The van der Waals surface area contributed by atoms with Crippen molar-refractivity contribution in [1.82, 2.24) is 15.2 Å². The minimum atomic E-state index is 0.0734. The van der Waals surface area contributed by atoms with E-state index in [2.05, 4.69) is 10.3 Å². The molecule has 0 saturated carbocycles. The lowest BCUT2D eigenvalue weighted by molar-refractivity contribution is 0.0707. The molecule has 1 fully saturated rings. The molecule has 1 aliphatic rings. The standard InChI is InChI=1S/C13H19N3O/c1-10-12(6-4-8-15-10)13(17)16(2)11-5-3-7-14-9-11/h4,6,8,11,14H,3,5,7,9H2,1-2H3. The van der Waals surface area contributed by atoms with Crippen molar-refractivity contribution in [2.24, 2.45) is 0 Å². The molecule has 1 aromatic rings. The zero-order chi connectivity index (χ0) is 12.3. The summed E-state index contributed by atoms with van der Waals surface area (Å²) in [6.45, 7) is 3.83. The third kappa shape index (κ3) is 2.64. The van der Waals surface area contributed by atoms with Gasteiger partial charge in [0.1, 0.15) is 0 Å². The molecular formula is C13H19N3O. The van der Waals surface area contributed by atoms with Crippen LogP contribution in [0.15, 0.2) is 18.3 Å². The molecule has 17 heavy (non-hydrogen) atoms. The molecule has 4 nitrogen and oxygen atoms in total. The second kappa shape index (κ2) is 5.27. The van der Waals surface area contributed by atoms with E-state index in [-0.39, 0.29) is 5.91 Å². The lowest BCUT2D eigenvalue weighted by Crippen LogP contribution is -2.46. The Morgan fingerprint density at radius 2 is 2.41 bits per heavy atom. The molecule has 0 radical (unpaired) electrons. The Bertz CT molecular complexity index is 399. The SMILES string of the molecule is Cc1ncccc1C(=O)N(C)C1CCCNC1. The fourth-order valence-corrected chi connectivity index (χ4v) is 2.23. The average molecular weight is 233 g/mol. The van der Waals surface area contributed by atoms with E-state index in [9.17, 15) is 4.79 Å². The Morgan fingerprint density at radius 1 is 1.59 bits per heavy atom. The van der Waals surface area contributed by atoms with E-state index in [1.807, 2.05) is 31.0 Å². The summed E-state index contributed by atoms with van der Waals surface area (Å²) in [5.74, 6) is 0.0734. The number of aromatic nitrogens is 1. The molecule has 1 saturated heterocycles. The van der Waals surface area contributed by atoms with E-state index in [0.717, 1.165) is 31.6 Å². The third-order valence-corrected chi connectivity index (χ3v) is 3.38. The van der Waals surface area contributed by atoms with Gasteiger partial charge < -0.3 is 10.2 Å². The number of nitrogens with zero attached hydrogens (tertiary/aromatic N) is 2. The molecule has 1 N–H and O–H groups in total. The average Bonchev–Trinajstić information content (AvgIpc) is 2.39. The number of carbonyl (C=O) groups is 1. The number of rotatable bonds is 2. The number of piperidine rings is 1. The first-order valence-electron chi connectivity index (χ1n) is 6.09. The molecule has 1 unspecified atom stereocenters. The number of aryl methyl sites for hydroxylation is 1. The van der Waals surface area contributed by atoms with Crippen molar-refractivity contribution in [2.45, 2.75) is 25.8 Å². The van der Waals surface area contributed by atoms with Crippen molar-refractivity contribution in [1.29, 1.82) is 0 Å². The fraction of sp³-hybridized carbons (Fsp3) is 0.538. The maximum absolute atomic E-state index is 12.3. The first kappa shape index (κ1) is 12.0. The number of carbonyl (C=O) groups excluding carboxylic acids is 1. The minimum absolute atomic E-state index is 0.0734. The molecule has 2 heterocycles. The van der Waals surface area contributed by atoms with Crippen LogP contribution in [0.2, 0.25) is 0 Å². The van der Waals surface area contributed by atoms with Gasteiger partial charge in [0, 0.05) is 31.5 Å². The molecule has 2 rings (SSSR count). The minimum Gasteiger partial charge on any atom is -0.337 e. The Hall–Kier alpha value is -1.42. The summed E-state index contributed by atoms with van der Waals surface area (Å²) in [6, 6.07) is 3.96. The van der Waals surface area contributed by atoms with Crippen LogP contribution >= 0.6 is 0 Å². The third-order valence-electron chi connectivity index (χ3n) is 3.38. The Labute approximate surface area is 102 Å². The predicted molar refractivity (Wildman–Crippen MR) is 67.0 cm³/mol. The van der Waals surface area contributed by atoms with E-state index in [1.54, 1.807) is 6.20 Å². The molecule has 0 bridgehead atoms. The second-order valence-electron chi connectivity index (χ2n) is 4.55. The summed E-state index contributed by atoms with van der Waals surface area (Å²) in [5.41, 5.74) is 1.51. The van der Waals surface area contributed by atoms with E-state index in [0.29, 0.717) is 11.6 Å². The van der Waals surface area contributed by atoms with Gasteiger partial charge in [-0.15, -0.1) is 0 Å². The van der Waals surface area contributed by atoms with Gasteiger partial charge in [-0.1, -0.05) is 0 Å². The molecule has 1 aromatic heterocycles. The number of hydrogen-bond donors (Lipinski definition) is 1. The number of hydrogen-bond acceptors (Lipinski definition) is 3. The van der Waals surface area contributed by atoms with Crippen LogP contribution in [0.3, 0.4) is 0 Å². The lowest BCUT2D eigenvalue weighted by Gasteiger charge is -2.32. The summed E-state index contributed by atoms with van der Waals surface area (Å²) in [4.78, 5) is 18.3. The number of nitrogens with one attached hydrogen (secondary N) is 1. The lowest BCUT2D eigenvalue weighted by atomic mass is 10.0. The van der Waals surface area contributed by atoms with Crippen LogP contribution < -0.4 is 5.32 Å². The second-order valence-corrected chi connectivity index (χ2v) is 4.55. The van der Waals surface area contributed by atoms with Gasteiger partial charge in [-0.25, -0.2) is 0 Å². The maximum atomic E-state index is 12.3. The number of pyridine rings is 1. The Kier molecular flexibility index (Phi) is 3.74. The van der Waals surface area contributed by atoms with Gasteiger partial charge in [-0.2, -0.15) is 0 Å². The van der Waals surface area contributed by atoms with E-state index in [4.69, 9.17) is 0 Å². The van der Waals surface area contributed by atoms with Gasteiger partial charge in [0.25, 0.3) is 5.91 Å². The largest absolute Gasteiger partial charge is 0.337 e. The monoisotopic (exact) mass is 233 g/mol. The van der Waals surface area contributed by atoms with Gasteiger partial charge in [0.15, 0.2) is 0 Å². The number of amides is 1. The highest BCUT2D eigenvalue weighted by molar-refractivity contribution is 5.95. The summed E-state index contributed by atoms with van der Waals surface area (Å²) in [6.07, 6.45) is 3.93. The normalized spacial score (nSPS) is 20.0. The van der Waals surface area contributed by atoms with Gasteiger partial charge in [0.2, 0.25) is 0 Å². The smallest absolute Gasteiger partial charge is 0.255 e. The van der Waals surface area contributed by atoms with Crippen LogP contribution in [-0.4, -0.2) is 42.0 Å². The first-order valence-corrected chi connectivity index (χ1v) is 6.09. The van der Waals surface area contributed by atoms with E-state index >= 15 is 0 Å². The fourth-order valence-electron chi connectivity index (χ4n) is 2.23. The molecule has 0 aliphatic carbocycles. The van der Waals surface area contributed by atoms with Crippen molar-refractivity contribution >= 4 is 5.91 Å². The Morgan fingerprint density at radius 3 is 3.06 bits per heavy atom. The Balaban J connectivity index is 2.11. The van der Waals surface area contributed by atoms with Crippen LogP contribution in [0.4, 0.5) is 0 Å². The van der Waals surface area contributed by atoms with Gasteiger partial charge >= 0.3 is 0 Å². The van der Waals surface area contributed by atoms with Crippen molar-refractivity contribution < 1.29 is 4.79 Å². The van der Waals surface area contributed by atoms with Crippen molar-refractivity contribution in [3.63, 3.8) is 0 Å². The quantitative estimate of drug-likeness (QED) is 0.835. The predicted octanol–water partition coefficient (Wildman–Crippen LogP) is 1.21. The molecule has 1 atom stereocenters. The molecule has 1 amide bonds. The van der Waals surface area contributed by atoms with Crippen molar-refractivity contribution in [3.8, 4) is 0 Å². The van der Waals surface area contributed by atoms with E-state index in [1.165, 1.54) is 0 Å². The summed E-state index contributed by atoms with van der Waals surface area (Å²) < 4.78 is 0. The van der Waals surface area contributed by atoms with Gasteiger partial charge in [-0.05, 0) is 38.4 Å². The summed E-state index contributed by atoms with van der Waals surface area (Å²) in [5, 5.41) is 3.33. The van der Waals surface area contributed by atoms with Gasteiger partial charge in [-0.3, -0.25) is 9.78 Å². The zero-order valence-electron chi connectivity index (χ0n) is 10.4. The van der Waals surface area contributed by atoms with Crippen molar-refractivity contribution in [2.75, 3.05) is 20.1 Å². The highest BCUT2D eigenvalue weighted by Crippen LogP contribution is 2.13. The molecule has 92 valence electrons. The van der Waals surface area contributed by atoms with Crippen LogP contribution in [0.1, 0.15) is 28.9 Å². The van der Waals surface area contributed by atoms with Crippen LogP contribution in [-0.2, 0) is 0 Å². The van der Waals surface area contributed by atoms with Crippen LogP contribution in [0, 0.1) is 6.92 Å². The van der Waals surface area contributed by atoms with E-state index < -0.39 is 0 Å². The topological polar surface area (TPSA) is 45.2 Å². The van der Waals surface area contributed by atoms with Crippen molar-refractivity contribution in [3.05, 3.63) is 29.6 Å². The summed E-state index contributed by atoms with van der Waals surface area (Å²) >= 11 is 0. The highest BCUT2D eigenvalue weighted by Gasteiger charge is 2.23. The molecular weight excluding hydrogens is 214 g/mol. The highest BCUT2D eigenvalue weighted by atomic mass is 16.2. The van der Waals surface area contributed by atoms with Crippen LogP contribution in [0.25, 0.3) is 0 Å².